The van der Waals surface area contributed by atoms with E-state index < -0.39 is 0 Å². The number of para-hydroxylation sites is 1. The summed E-state index contributed by atoms with van der Waals surface area (Å²) >= 11 is 0. The largest absolute Gasteiger partial charge is 0.490 e. The molecule has 1 atom stereocenters. The average molecular weight is 282 g/mol. The zero-order valence-electron chi connectivity index (χ0n) is 12.5. The number of pyridine rings is 1. The minimum Gasteiger partial charge on any atom is -0.490 e. The van der Waals surface area contributed by atoms with Crippen LogP contribution in [0.3, 0.4) is 0 Å². The van der Waals surface area contributed by atoms with Gasteiger partial charge in [-0.05, 0) is 62.5 Å². The maximum Gasteiger partial charge on any atom is 0.127 e. The normalized spacial score (nSPS) is 17.4. The van der Waals surface area contributed by atoms with Crippen LogP contribution in [0.4, 0.5) is 0 Å². The first-order chi connectivity index (χ1) is 10.3. The van der Waals surface area contributed by atoms with E-state index in [0.717, 1.165) is 30.0 Å². The number of hydrogen-bond acceptors (Lipinski definition) is 3. The van der Waals surface area contributed by atoms with Crippen LogP contribution < -0.4 is 10.1 Å². The molecule has 3 heteroatoms. The van der Waals surface area contributed by atoms with E-state index in [1.807, 2.05) is 30.6 Å². The number of nitrogens with zero attached hydrogens (tertiary/aromatic N) is 1. The first kappa shape index (κ1) is 14.1. The number of ether oxygens (including phenoxy) is 1. The van der Waals surface area contributed by atoms with Gasteiger partial charge in [-0.25, -0.2) is 0 Å². The number of nitrogens with one attached hydrogen (secondary N) is 1. The molecule has 0 aliphatic carbocycles. The highest BCUT2D eigenvalue weighted by molar-refractivity contribution is 5.69. The predicted octanol–water partition coefficient (Wildman–Crippen LogP) is 3.52. The molecule has 1 fully saturated rings. The van der Waals surface area contributed by atoms with Crippen LogP contribution in [0, 0.1) is 5.92 Å². The Kier molecular flexibility index (Phi) is 4.51. The molecular formula is C18H22N2O. The lowest BCUT2D eigenvalue weighted by atomic mass is 9.93. The van der Waals surface area contributed by atoms with Gasteiger partial charge in [-0.1, -0.05) is 18.2 Å². The smallest absolute Gasteiger partial charge is 0.127 e. The van der Waals surface area contributed by atoms with Crippen LogP contribution in [0.15, 0.2) is 48.8 Å². The van der Waals surface area contributed by atoms with E-state index in [9.17, 15) is 0 Å². The monoisotopic (exact) mass is 282 g/mol. The SMILES string of the molecule is CC(Oc1ccccc1-c1ccncc1)C1CCNCC1. The molecule has 1 N–H and O–H groups in total. The first-order valence-corrected chi connectivity index (χ1v) is 7.71. The van der Waals surface area contributed by atoms with Crippen LogP contribution >= 0.6 is 0 Å². The molecule has 110 valence electrons. The third-order valence-corrected chi connectivity index (χ3v) is 4.24. The zero-order valence-corrected chi connectivity index (χ0v) is 12.5. The minimum atomic E-state index is 0.245. The van der Waals surface area contributed by atoms with Crippen molar-refractivity contribution in [3.8, 4) is 16.9 Å². The summed E-state index contributed by atoms with van der Waals surface area (Å²) in [4.78, 5) is 4.09. The summed E-state index contributed by atoms with van der Waals surface area (Å²) in [5.74, 6) is 1.60. The Bertz CT molecular complexity index is 564. The van der Waals surface area contributed by atoms with E-state index in [-0.39, 0.29) is 6.10 Å². The third-order valence-electron chi connectivity index (χ3n) is 4.24. The van der Waals surface area contributed by atoms with Crippen molar-refractivity contribution < 1.29 is 4.74 Å². The molecule has 1 unspecified atom stereocenters. The Balaban J connectivity index is 1.79. The van der Waals surface area contributed by atoms with Crippen molar-refractivity contribution in [1.29, 1.82) is 0 Å². The van der Waals surface area contributed by atoms with E-state index in [2.05, 4.69) is 35.4 Å². The summed E-state index contributed by atoms with van der Waals surface area (Å²) in [5.41, 5.74) is 2.29. The highest BCUT2D eigenvalue weighted by Crippen LogP contribution is 2.31. The van der Waals surface area contributed by atoms with Crippen LogP contribution in [0.25, 0.3) is 11.1 Å². The summed E-state index contributed by atoms with van der Waals surface area (Å²) in [6, 6.07) is 12.3. The van der Waals surface area contributed by atoms with Gasteiger partial charge in [0.05, 0.1) is 6.10 Å². The molecule has 1 aromatic heterocycles. The maximum atomic E-state index is 6.29. The molecule has 2 heterocycles. The fourth-order valence-electron chi connectivity index (χ4n) is 2.95. The van der Waals surface area contributed by atoms with Gasteiger partial charge in [0, 0.05) is 18.0 Å². The van der Waals surface area contributed by atoms with E-state index in [4.69, 9.17) is 4.74 Å². The van der Waals surface area contributed by atoms with Crippen LogP contribution in [-0.4, -0.2) is 24.2 Å². The lowest BCUT2D eigenvalue weighted by Crippen LogP contribution is -2.35. The highest BCUT2D eigenvalue weighted by atomic mass is 16.5. The second kappa shape index (κ2) is 6.72. The van der Waals surface area contributed by atoms with Gasteiger partial charge in [-0.15, -0.1) is 0 Å². The van der Waals surface area contributed by atoms with E-state index in [0.29, 0.717) is 5.92 Å². The minimum absolute atomic E-state index is 0.245. The Morgan fingerprint density at radius 1 is 1.10 bits per heavy atom. The van der Waals surface area contributed by atoms with Gasteiger partial charge in [-0.3, -0.25) is 4.98 Å². The Hall–Kier alpha value is -1.87. The van der Waals surface area contributed by atoms with Crippen molar-refractivity contribution >= 4 is 0 Å². The molecule has 3 nitrogen and oxygen atoms in total. The zero-order chi connectivity index (χ0) is 14.5. The number of rotatable bonds is 4. The number of aromatic nitrogens is 1. The average Bonchev–Trinajstić information content (AvgIpc) is 2.57. The van der Waals surface area contributed by atoms with Crippen molar-refractivity contribution in [3.05, 3.63) is 48.8 Å². The Morgan fingerprint density at radius 3 is 2.57 bits per heavy atom. The van der Waals surface area contributed by atoms with Gasteiger partial charge in [0.15, 0.2) is 0 Å². The molecule has 1 aromatic carbocycles. The number of piperidine rings is 1. The quantitative estimate of drug-likeness (QED) is 0.931. The van der Waals surface area contributed by atoms with Crippen molar-refractivity contribution in [2.75, 3.05) is 13.1 Å². The first-order valence-electron chi connectivity index (χ1n) is 7.71. The Morgan fingerprint density at radius 2 is 1.81 bits per heavy atom. The summed E-state index contributed by atoms with van der Waals surface area (Å²) in [5, 5.41) is 3.41. The van der Waals surface area contributed by atoms with Crippen LogP contribution in [-0.2, 0) is 0 Å². The Labute approximate surface area is 126 Å². The van der Waals surface area contributed by atoms with Crippen molar-refractivity contribution in [2.45, 2.75) is 25.9 Å². The summed E-state index contributed by atoms with van der Waals surface area (Å²) in [6.07, 6.45) is 6.28. The van der Waals surface area contributed by atoms with Crippen molar-refractivity contribution in [3.63, 3.8) is 0 Å². The molecule has 21 heavy (non-hydrogen) atoms. The third kappa shape index (κ3) is 3.42. The van der Waals surface area contributed by atoms with Crippen molar-refractivity contribution in [2.24, 2.45) is 5.92 Å². The summed E-state index contributed by atoms with van der Waals surface area (Å²) in [7, 11) is 0. The molecule has 2 aromatic rings. The number of benzene rings is 1. The van der Waals surface area contributed by atoms with Crippen LogP contribution in [0.2, 0.25) is 0 Å². The van der Waals surface area contributed by atoms with Gasteiger partial charge >= 0.3 is 0 Å². The molecular weight excluding hydrogens is 260 g/mol. The fourth-order valence-corrected chi connectivity index (χ4v) is 2.95. The van der Waals surface area contributed by atoms with Gasteiger partial charge in [0.1, 0.15) is 5.75 Å². The molecule has 3 rings (SSSR count). The molecule has 1 saturated heterocycles. The van der Waals surface area contributed by atoms with Gasteiger partial charge in [0.2, 0.25) is 0 Å². The molecule has 0 spiro atoms. The maximum absolute atomic E-state index is 6.29. The topological polar surface area (TPSA) is 34.1 Å². The number of hydrogen-bond donors (Lipinski definition) is 1. The standard InChI is InChI=1S/C18H22N2O/c1-14(15-6-10-19-11-7-15)21-18-5-3-2-4-17(18)16-8-12-20-13-9-16/h2-5,8-9,12-15,19H,6-7,10-11H2,1H3. The van der Waals surface area contributed by atoms with E-state index in [1.54, 1.807) is 0 Å². The second-order valence-electron chi connectivity index (χ2n) is 5.64. The molecule has 0 bridgehead atoms. The van der Waals surface area contributed by atoms with Crippen LogP contribution in [0.1, 0.15) is 19.8 Å². The van der Waals surface area contributed by atoms with Crippen LogP contribution in [0.5, 0.6) is 5.75 Å². The fraction of sp³-hybridized carbons (Fsp3) is 0.389. The highest BCUT2D eigenvalue weighted by Gasteiger charge is 2.22. The van der Waals surface area contributed by atoms with Crippen molar-refractivity contribution in [1.82, 2.24) is 10.3 Å². The molecule has 0 saturated carbocycles. The molecule has 1 aliphatic heterocycles. The summed E-state index contributed by atoms with van der Waals surface area (Å²) in [6.45, 7) is 4.40. The van der Waals surface area contributed by atoms with Gasteiger partial charge in [-0.2, -0.15) is 0 Å². The molecule has 0 radical (unpaired) electrons. The lowest BCUT2D eigenvalue weighted by Gasteiger charge is -2.29. The second-order valence-corrected chi connectivity index (χ2v) is 5.64. The summed E-state index contributed by atoms with van der Waals surface area (Å²) < 4.78 is 6.29. The van der Waals surface area contributed by atoms with E-state index >= 15 is 0 Å². The molecule has 0 amide bonds. The van der Waals surface area contributed by atoms with E-state index in [1.165, 1.54) is 12.8 Å². The molecule has 1 aliphatic rings. The van der Waals surface area contributed by atoms with Gasteiger partial charge in [0.25, 0.3) is 0 Å². The lowest BCUT2D eigenvalue weighted by molar-refractivity contribution is 0.129. The van der Waals surface area contributed by atoms with Gasteiger partial charge < -0.3 is 10.1 Å². The predicted molar refractivity (Wildman–Crippen MR) is 85.4 cm³/mol.